The standard InChI is InChI=1S/C21H32O3/c1-4-5-6-7-15-11-19(23)21(20(24)12-15)18-10-16(13-22)8-9-17(18)14(2)3/h10-12,14,17-18,22-24H,4-9,13H2,1-3H3/t17-,18?/m0/s1. The number of hydrogen-bond donors (Lipinski definition) is 3. The van der Waals surface area contributed by atoms with Crippen molar-refractivity contribution in [3.05, 3.63) is 34.9 Å². The highest BCUT2D eigenvalue weighted by Crippen LogP contribution is 2.46. The van der Waals surface area contributed by atoms with Crippen molar-refractivity contribution in [2.24, 2.45) is 11.8 Å². The molecule has 0 amide bonds. The summed E-state index contributed by atoms with van der Waals surface area (Å²) in [4.78, 5) is 0. The molecule has 1 aliphatic rings. The van der Waals surface area contributed by atoms with Gasteiger partial charge in [0.1, 0.15) is 11.5 Å². The summed E-state index contributed by atoms with van der Waals surface area (Å²) in [6.45, 7) is 6.58. The van der Waals surface area contributed by atoms with E-state index in [2.05, 4.69) is 26.8 Å². The highest BCUT2D eigenvalue weighted by Gasteiger charge is 2.32. The van der Waals surface area contributed by atoms with Crippen LogP contribution in [0.15, 0.2) is 23.8 Å². The molecule has 2 rings (SSSR count). The molecule has 134 valence electrons. The van der Waals surface area contributed by atoms with Crippen LogP contribution in [0.4, 0.5) is 0 Å². The lowest BCUT2D eigenvalue weighted by molar-refractivity contribution is 0.277. The second-order valence-corrected chi connectivity index (χ2v) is 7.46. The molecular weight excluding hydrogens is 300 g/mol. The molecule has 0 bridgehead atoms. The number of benzene rings is 1. The molecule has 0 aliphatic heterocycles. The third-order valence-electron chi connectivity index (χ3n) is 5.33. The predicted molar refractivity (Wildman–Crippen MR) is 98.5 cm³/mol. The van der Waals surface area contributed by atoms with Crippen LogP contribution in [0.3, 0.4) is 0 Å². The monoisotopic (exact) mass is 332 g/mol. The van der Waals surface area contributed by atoms with E-state index < -0.39 is 0 Å². The van der Waals surface area contributed by atoms with Gasteiger partial charge in [-0.15, -0.1) is 0 Å². The lowest BCUT2D eigenvalue weighted by Crippen LogP contribution is -2.22. The number of phenolic OH excluding ortho intramolecular Hbond substituents is 2. The van der Waals surface area contributed by atoms with E-state index in [9.17, 15) is 15.3 Å². The van der Waals surface area contributed by atoms with E-state index in [4.69, 9.17) is 0 Å². The van der Waals surface area contributed by atoms with E-state index in [0.29, 0.717) is 17.4 Å². The van der Waals surface area contributed by atoms with Gasteiger partial charge in [0, 0.05) is 11.5 Å². The summed E-state index contributed by atoms with van der Waals surface area (Å²) < 4.78 is 0. The third kappa shape index (κ3) is 4.32. The Balaban J connectivity index is 2.34. The fraction of sp³-hybridized carbons (Fsp3) is 0.619. The molecule has 0 spiro atoms. The predicted octanol–water partition coefficient (Wildman–Crippen LogP) is 4.90. The molecule has 1 aliphatic carbocycles. The Bertz CT molecular complexity index is 551. The lowest BCUT2D eigenvalue weighted by atomic mass is 9.71. The van der Waals surface area contributed by atoms with E-state index in [1.165, 1.54) is 0 Å². The molecule has 3 N–H and O–H groups in total. The maximum atomic E-state index is 10.6. The van der Waals surface area contributed by atoms with Gasteiger partial charge in [-0.3, -0.25) is 0 Å². The largest absolute Gasteiger partial charge is 0.507 e. The number of aromatic hydroxyl groups is 2. The molecule has 1 aromatic carbocycles. The topological polar surface area (TPSA) is 60.7 Å². The highest BCUT2D eigenvalue weighted by atomic mass is 16.3. The molecule has 24 heavy (non-hydrogen) atoms. The second-order valence-electron chi connectivity index (χ2n) is 7.46. The smallest absolute Gasteiger partial charge is 0.123 e. The summed E-state index contributed by atoms with van der Waals surface area (Å²) in [5.41, 5.74) is 2.62. The molecule has 1 aromatic rings. The first kappa shape index (κ1) is 18.9. The maximum absolute atomic E-state index is 10.6. The number of rotatable bonds is 7. The highest BCUT2D eigenvalue weighted by molar-refractivity contribution is 5.51. The van der Waals surface area contributed by atoms with Gasteiger partial charge in [-0.1, -0.05) is 39.7 Å². The molecule has 0 heterocycles. The minimum Gasteiger partial charge on any atom is -0.507 e. The van der Waals surface area contributed by atoms with Crippen molar-refractivity contribution >= 4 is 0 Å². The van der Waals surface area contributed by atoms with Gasteiger partial charge in [0.25, 0.3) is 0 Å². The number of phenols is 2. The van der Waals surface area contributed by atoms with Crippen LogP contribution in [-0.4, -0.2) is 21.9 Å². The average molecular weight is 332 g/mol. The van der Waals surface area contributed by atoms with Crippen LogP contribution < -0.4 is 0 Å². The van der Waals surface area contributed by atoms with Crippen LogP contribution in [0.25, 0.3) is 0 Å². The van der Waals surface area contributed by atoms with Gasteiger partial charge < -0.3 is 15.3 Å². The number of unbranched alkanes of at least 4 members (excludes halogenated alkanes) is 2. The normalized spacial score (nSPS) is 21.1. The zero-order valence-corrected chi connectivity index (χ0v) is 15.3. The van der Waals surface area contributed by atoms with Crippen LogP contribution in [0.2, 0.25) is 0 Å². The molecule has 0 aromatic heterocycles. The first-order chi connectivity index (χ1) is 11.5. The van der Waals surface area contributed by atoms with Crippen molar-refractivity contribution in [3.63, 3.8) is 0 Å². The van der Waals surface area contributed by atoms with Crippen molar-refractivity contribution in [2.45, 2.75) is 65.2 Å². The Morgan fingerprint density at radius 2 is 1.79 bits per heavy atom. The SMILES string of the molecule is CCCCCc1cc(O)c(C2C=C(CO)CC[C@H]2C(C)C)c(O)c1. The van der Waals surface area contributed by atoms with Crippen molar-refractivity contribution in [2.75, 3.05) is 6.61 Å². The zero-order valence-electron chi connectivity index (χ0n) is 15.3. The third-order valence-corrected chi connectivity index (χ3v) is 5.33. The number of allylic oxidation sites excluding steroid dienone is 1. The van der Waals surface area contributed by atoms with Gasteiger partial charge in [0.15, 0.2) is 0 Å². The summed E-state index contributed by atoms with van der Waals surface area (Å²) in [6, 6.07) is 3.62. The Labute approximate surface area is 146 Å². The molecule has 1 unspecified atom stereocenters. The van der Waals surface area contributed by atoms with Crippen LogP contribution in [0, 0.1) is 11.8 Å². The van der Waals surface area contributed by atoms with Crippen molar-refractivity contribution < 1.29 is 15.3 Å². The van der Waals surface area contributed by atoms with Crippen LogP contribution >= 0.6 is 0 Å². The Hall–Kier alpha value is -1.48. The van der Waals surface area contributed by atoms with E-state index in [-0.39, 0.29) is 24.0 Å². The minimum atomic E-state index is -0.0365. The summed E-state index contributed by atoms with van der Waals surface area (Å²) in [5.74, 6) is 1.16. The summed E-state index contributed by atoms with van der Waals surface area (Å²) in [7, 11) is 0. The summed E-state index contributed by atoms with van der Waals surface area (Å²) in [5, 5.41) is 30.7. The summed E-state index contributed by atoms with van der Waals surface area (Å²) in [6.07, 6.45) is 8.19. The van der Waals surface area contributed by atoms with Gasteiger partial charge >= 0.3 is 0 Å². The molecule has 0 saturated heterocycles. The number of aryl methyl sites for hydroxylation is 1. The molecule has 3 nitrogen and oxygen atoms in total. The molecule has 0 radical (unpaired) electrons. The zero-order chi connectivity index (χ0) is 17.7. The van der Waals surface area contributed by atoms with E-state index >= 15 is 0 Å². The Morgan fingerprint density at radius 1 is 1.12 bits per heavy atom. The van der Waals surface area contributed by atoms with Crippen molar-refractivity contribution in [1.29, 1.82) is 0 Å². The van der Waals surface area contributed by atoms with E-state index in [1.807, 2.05) is 12.1 Å². The number of hydrogen-bond acceptors (Lipinski definition) is 3. The van der Waals surface area contributed by atoms with Gasteiger partial charge in [-0.2, -0.15) is 0 Å². The van der Waals surface area contributed by atoms with Crippen LogP contribution in [0.5, 0.6) is 11.5 Å². The van der Waals surface area contributed by atoms with Gasteiger partial charge in [-0.25, -0.2) is 0 Å². The van der Waals surface area contributed by atoms with Crippen LogP contribution in [0.1, 0.15) is 69.9 Å². The number of aliphatic hydroxyl groups excluding tert-OH is 1. The van der Waals surface area contributed by atoms with E-state index in [1.54, 1.807) is 0 Å². The quantitative estimate of drug-likeness (QED) is 0.492. The van der Waals surface area contributed by atoms with Crippen molar-refractivity contribution in [1.82, 2.24) is 0 Å². The van der Waals surface area contributed by atoms with Gasteiger partial charge in [-0.05, 0) is 60.8 Å². The molecule has 2 atom stereocenters. The van der Waals surface area contributed by atoms with Gasteiger partial charge in [0.2, 0.25) is 0 Å². The molecule has 3 heteroatoms. The first-order valence-corrected chi connectivity index (χ1v) is 9.33. The second kappa shape index (κ2) is 8.57. The molecule has 0 saturated carbocycles. The fourth-order valence-electron chi connectivity index (χ4n) is 3.91. The van der Waals surface area contributed by atoms with E-state index in [0.717, 1.165) is 49.7 Å². The average Bonchev–Trinajstić information content (AvgIpc) is 2.54. The molecular formula is C21H32O3. The maximum Gasteiger partial charge on any atom is 0.123 e. The molecule has 0 fully saturated rings. The lowest BCUT2D eigenvalue weighted by Gasteiger charge is -2.34. The Morgan fingerprint density at radius 3 is 2.33 bits per heavy atom. The van der Waals surface area contributed by atoms with Gasteiger partial charge in [0.05, 0.1) is 6.61 Å². The fourth-order valence-corrected chi connectivity index (χ4v) is 3.91. The van der Waals surface area contributed by atoms with Crippen molar-refractivity contribution in [3.8, 4) is 11.5 Å². The summed E-state index contributed by atoms with van der Waals surface area (Å²) >= 11 is 0. The Kier molecular flexibility index (Phi) is 6.73. The van der Waals surface area contributed by atoms with Crippen LogP contribution in [-0.2, 0) is 6.42 Å². The first-order valence-electron chi connectivity index (χ1n) is 9.33. The number of aliphatic hydroxyl groups is 1. The minimum absolute atomic E-state index is 0.0365.